The van der Waals surface area contributed by atoms with E-state index in [2.05, 4.69) is 17.0 Å². The molecule has 1 aliphatic rings. The van der Waals surface area contributed by atoms with Crippen molar-refractivity contribution in [1.82, 2.24) is 14.8 Å². The van der Waals surface area contributed by atoms with Gasteiger partial charge in [0.2, 0.25) is 0 Å². The molecule has 2 N–H and O–H groups in total. The molecule has 2 rings (SSSR count). The molecule has 18 heavy (non-hydrogen) atoms. The summed E-state index contributed by atoms with van der Waals surface area (Å²) in [6.45, 7) is 2.28. The van der Waals surface area contributed by atoms with Gasteiger partial charge in [-0.05, 0) is 25.2 Å². The van der Waals surface area contributed by atoms with Crippen LogP contribution in [0.3, 0.4) is 0 Å². The van der Waals surface area contributed by atoms with Crippen LogP contribution in [0.5, 0.6) is 0 Å². The number of hydrogen-bond acceptors (Lipinski definition) is 3. The van der Waals surface area contributed by atoms with E-state index in [0.29, 0.717) is 0 Å². The molecule has 1 saturated carbocycles. The van der Waals surface area contributed by atoms with Crippen LogP contribution in [0, 0.1) is 5.92 Å². The minimum Gasteiger partial charge on any atom is -0.325 e. The van der Waals surface area contributed by atoms with Crippen molar-refractivity contribution in [1.29, 1.82) is 0 Å². The Morgan fingerprint density at radius 3 is 2.94 bits per heavy atom. The fourth-order valence-corrected chi connectivity index (χ4v) is 3.17. The second-order valence-electron chi connectivity index (χ2n) is 5.92. The zero-order valence-corrected chi connectivity index (χ0v) is 11.7. The molecule has 1 aromatic rings. The average molecular weight is 250 g/mol. The summed E-state index contributed by atoms with van der Waals surface area (Å²) in [5.74, 6) is 1.91. The Kier molecular flexibility index (Phi) is 4.38. The topological polar surface area (TPSA) is 56.7 Å². The number of aryl methyl sites for hydroxylation is 1. The highest BCUT2D eigenvalue weighted by atomic mass is 15.3. The lowest BCUT2D eigenvalue weighted by atomic mass is 9.87. The molecule has 0 saturated heterocycles. The van der Waals surface area contributed by atoms with E-state index in [1.54, 1.807) is 6.33 Å². The van der Waals surface area contributed by atoms with Crippen LogP contribution in [0.1, 0.15) is 57.7 Å². The minimum atomic E-state index is -0.0662. The number of hydrogen-bond donors (Lipinski definition) is 1. The van der Waals surface area contributed by atoms with E-state index in [1.165, 1.54) is 32.1 Å². The van der Waals surface area contributed by atoms with Crippen LogP contribution in [0.25, 0.3) is 0 Å². The normalized spacial score (nSPS) is 29.2. The first-order valence-electron chi connectivity index (χ1n) is 7.25. The quantitative estimate of drug-likeness (QED) is 0.835. The van der Waals surface area contributed by atoms with Crippen molar-refractivity contribution in [3.05, 3.63) is 12.2 Å². The van der Waals surface area contributed by atoms with Crippen molar-refractivity contribution < 1.29 is 0 Å². The Bertz CT molecular complexity index is 374. The molecule has 1 aromatic heterocycles. The zero-order chi connectivity index (χ0) is 13.0. The van der Waals surface area contributed by atoms with E-state index >= 15 is 0 Å². The summed E-state index contributed by atoms with van der Waals surface area (Å²) in [5, 5.41) is 4.13. The standard InChI is InChI=1S/C14H26N4/c1-3-5-12-6-4-8-14(15,9-7-12)10-13-16-11-17-18(13)2/h11-12H,3-10,15H2,1-2H3. The third kappa shape index (κ3) is 3.31. The van der Waals surface area contributed by atoms with Gasteiger partial charge in [-0.3, -0.25) is 4.68 Å². The molecular formula is C14H26N4. The summed E-state index contributed by atoms with van der Waals surface area (Å²) in [6.07, 6.45) is 11.3. The van der Waals surface area contributed by atoms with Gasteiger partial charge in [0, 0.05) is 19.0 Å². The molecule has 0 amide bonds. The Morgan fingerprint density at radius 2 is 2.28 bits per heavy atom. The van der Waals surface area contributed by atoms with E-state index in [-0.39, 0.29) is 5.54 Å². The lowest BCUT2D eigenvalue weighted by molar-refractivity contribution is 0.345. The van der Waals surface area contributed by atoms with Gasteiger partial charge in [0.1, 0.15) is 12.2 Å². The summed E-state index contributed by atoms with van der Waals surface area (Å²) < 4.78 is 1.85. The average Bonchev–Trinajstić information content (AvgIpc) is 2.62. The van der Waals surface area contributed by atoms with Crippen molar-refractivity contribution in [3.63, 3.8) is 0 Å². The Morgan fingerprint density at radius 1 is 1.44 bits per heavy atom. The molecule has 0 aliphatic heterocycles. The van der Waals surface area contributed by atoms with Crippen molar-refractivity contribution in [2.24, 2.45) is 18.7 Å². The number of rotatable bonds is 4. The van der Waals surface area contributed by atoms with Crippen molar-refractivity contribution >= 4 is 0 Å². The second kappa shape index (κ2) is 5.83. The third-order valence-electron chi connectivity index (χ3n) is 4.35. The Labute approximate surface area is 110 Å². The zero-order valence-electron chi connectivity index (χ0n) is 11.7. The number of aromatic nitrogens is 3. The van der Waals surface area contributed by atoms with Crippen LogP contribution in [0.4, 0.5) is 0 Å². The van der Waals surface area contributed by atoms with Gasteiger partial charge >= 0.3 is 0 Å². The molecule has 102 valence electrons. The van der Waals surface area contributed by atoms with Crippen molar-refractivity contribution in [2.75, 3.05) is 0 Å². The predicted octanol–water partition coefficient (Wildman–Crippen LogP) is 2.44. The highest BCUT2D eigenvalue weighted by Gasteiger charge is 2.30. The van der Waals surface area contributed by atoms with E-state index in [9.17, 15) is 0 Å². The predicted molar refractivity (Wildman–Crippen MR) is 73.1 cm³/mol. The lowest BCUT2D eigenvalue weighted by Crippen LogP contribution is -2.42. The minimum absolute atomic E-state index is 0.0662. The first-order valence-corrected chi connectivity index (χ1v) is 7.25. The summed E-state index contributed by atoms with van der Waals surface area (Å²) in [4.78, 5) is 4.31. The van der Waals surface area contributed by atoms with Crippen molar-refractivity contribution in [2.45, 2.75) is 63.8 Å². The van der Waals surface area contributed by atoms with Gasteiger partial charge in [-0.2, -0.15) is 5.10 Å². The molecule has 0 radical (unpaired) electrons. The van der Waals surface area contributed by atoms with Gasteiger partial charge in [0.05, 0.1) is 0 Å². The number of nitrogens with zero attached hydrogens (tertiary/aromatic N) is 3. The monoisotopic (exact) mass is 250 g/mol. The van der Waals surface area contributed by atoms with Gasteiger partial charge in [0.15, 0.2) is 0 Å². The summed E-state index contributed by atoms with van der Waals surface area (Å²) >= 11 is 0. The molecule has 0 bridgehead atoms. The van der Waals surface area contributed by atoms with Gasteiger partial charge in [-0.1, -0.05) is 32.6 Å². The first-order chi connectivity index (χ1) is 8.63. The molecule has 4 heteroatoms. The van der Waals surface area contributed by atoms with E-state index in [4.69, 9.17) is 5.73 Å². The maximum absolute atomic E-state index is 6.60. The van der Waals surface area contributed by atoms with Crippen LogP contribution in [-0.4, -0.2) is 20.3 Å². The van der Waals surface area contributed by atoms with Gasteiger partial charge in [-0.25, -0.2) is 4.98 Å². The molecule has 0 spiro atoms. The van der Waals surface area contributed by atoms with Gasteiger partial charge in [0.25, 0.3) is 0 Å². The largest absolute Gasteiger partial charge is 0.325 e. The molecule has 4 nitrogen and oxygen atoms in total. The van der Waals surface area contributed by atoms with Gasteiger partial charge < -0.3 is 5.73 Å². The lowest BCUT2D eigenvalue weighted by Gasteiger charge is -2.27. The fourth-order valence-electron chi connectivity index (χ4n) is 3.17. The third-order valence-corrected chi connectivity index (χ3v) is 4.35. The Balaban J connectivity index is 1.97. The molecule has 0 aromatic carbocycles. The fraction of sp³-hybridized carbons (Fsp3) is 0.857. The van der Waals surface area contributed by atoms with E-state index < -0.39 is 0 Å². The van der Waals surface area contributed by atoms with E-state index in [1.807, 2.05) is 11.7 Å². The molecular weight excluding hydrogens is 224 g/mol. The second-order valence-corrected chi connectivity index (χ2v) is 5.92. The summed E-state index contributed by atoms with van der Waals surface area (Å²) in [7, 11) is 1.95. The summed E-state index contributed by atoms with van der Waals surface area (Å²) in [6, 6.07) is 0. The molecule has 2 unspecified atom stereocenters. The van der Waals surface area contributed by atoms with Crippen LogP contribution in [0.15, 0.2) is 6.33 Å². The highest BCUT2D eigenvalue weighted by molar-refractivity contribution is 4.98. The number of nitrogens with two attached hydrogens (primary N) is 1. The van der Waals surface area contributed by atoms with Crippen LogP contribution < -0.4 is 5.73 Å². The van der Waals surface area contributed by atoms with E-state index in [0.717, 1.165) is 31.0 Å². The molecule has 1 aliphatic carbocycles. The van der Waals surface area contributed by atoms with Gasteiger partial charge in [-0.15, -0.1) is 0 Å². The molecule has 1 fully saturated rings. The maximum Gasteiger partial charge on any atom is 0.138 e. The first kappa shape index (κ1) is 13.5. The van der Waals surface area contributed by atoms with Crippen molar-refractivity contribution in [3.8, 4) is 0 Å². The van der Waals surface area contributed by atoms with Crippen LogP contribution in [0.2, 0.25) is 0 Å². The van der Waals surface area contributed by atoms with Crippen LogP contribution >= 0.6 is 0 Å². The molecule has 1 heterocycles. The SMILES string of the molecule is CCCC1CCCC(N)(Cc2ncnn2C)CC1. The maximum atomic E-state index is 6.60. The Hall–Kier alpha value is -0.900. The smallest absolute Gasteiger partial charge is 0.138 e. The highest BCUT2D eigenvalue weighted by Crippen LogP contribution is 2.32. The van der Waals surface area contributed by atoms with Crippen LogP contribution in [-0.2, 0) is 13.5 Å². The summed E-state index contributed by atoms with van der Waals surface area (Å²) in [5.41, 5.74) is 6.53. The molecule has 2 atom stereocenters.